The summed E-state index contributed by atoms with van der Waals surface area (Å²) < 4.78 is 0. The topological polar surface area (TPSA) is 69.6 Å². The molecule has 1 rings (SSSR count). The molecule has 0 saturated heterocycles. The number of carboxylic acid groups (broad SMARTS) is 1. The van der Waals surface area contributed by atoms with E-state index in [2.05, 4.69) is 19.2 Å². The lowest BCUT2D eigenvalue weighted by molar-refractivity contribution is -0.144. The number of urea groups is 1. The zero-order valence-electron chi connectivity index (χ0n) is 12.4. The molecular formula is C14H26N2O3. The Morgan fingerprint density at radius 3 is 2.21 bits per heavy atom. The van der Waals surface area contributed by atoms with E-state index in [1.165, 1.54) is 0 Å². The second-order valence-corrected chi connectivity index (χ2v) is 6.11. The quantitative estimate of drug-likeness (QED) is 0.806. The van der Waals surface area contributed by atoms with Gasteiger partial charge in [0.25, 0.3) is 0 Å². The van der Waals surface area contributed by atoms with E-state index in [1.54, 1.807) is 11.9 Å². The fourth-order valence-electron chi connectivity index (χ4n) is 2.70. The van der Waals surface area contributed by atoms with E-state index >= 15 is 0 Å². The van der Waals surface area contributed by atoms with E-state index < -0.39 is 11.5 Å². The molecule has 0 aromatic rings. The first-order valence-electron chi connectivity index (χ1n) is 7.07. The fourth-order valence-corrected chi connectivity index (χ4v) is 2.70. The van der Waals surface area contributed by atoms with Crippen LogP contribution in [0.3, 0.4) is 0 Å². The normalized spacial score (nSPS) is 19.2. The Morgan fingerprint density at radius 1 is 1.26 bits per heavy atom. The first-order chi connectivity index (χ1) is 8.78. The zero-order valence-corrected chi connectivity index (χ0v) is 12.4. The molecular weight excluding hydrogens is 244 g/mol. The third kappa shape index (κ3) is 3.85. The van der Waals surface area contributed by atoms with Crippen molar-refractivity contribution in [3.8, 4) is 0 Å². The molecule has 1 aliphatic carbocycles. The summed E-state index contributed by atoms with van der Waals surface area (Å²) in [7, 11) is 1.73. The molecule has 0 aromatic carbocycles. The largest absolute Gasteiger partial charge is 0.480 e. The van der Waals surface area contributed by atoms with Gasteiger partial charge in [0, 0.05) is 13.1 Å². The van der Waals surface area contributed by atoms with Crippen LogP contribution < -0.4 is 5.32 Å². The second kappa shape index (κ2) is 6.26. The van der Waals surface area contributed by atoms with Gasteiger partial charge in [0.2, 0.25) is 0 Å². The maximum atomic E-state index is 12.2. The Bertz CT molecular complexity index is 336. The Labute approximate surface area is 115 Å². The lowest BCUT2D eigenvalue weighted by atomic mass is 9.98. The summed E-state index contributed by atoms with van der Waals surface area (Å²) in [5.74, 6) is -0.409. The van der Waals surface area contributed by atoms with Crippen molar-refractivity contribution in [1.82, 2.24) is 10.2 Å². The highest BCUT2D eigenvalue weighted by molar-refractivity contribution is 5.86. The average Bonchev–Trinajstić information content (AvgIpc) is 2.76. The van der Waals surface area contributed by atoms with Gasteiger partial charge in [-0.3, -0.25) is 0 Å². The van der Waals surface area contributed by atoms with E-state index in [9.17, 15) is 14.7 Å². The monoisotopic (exact) mass is 270 g/mol. The van der Waals surface area contributed by atoms with Crippen LogP contribution in [0.15, 0.2) is 0 Å². The summed E-state index contributed by atoms with van der Waals surface area (Å²) >= 11 is 0. The fraction of sp³-hybridized carbons (Fsp3) is 0.857. The van der Waals surface area contributed by atoms with Crippen LogP contribution in [-0.2, 0) is 4.79 Å². The van der Waals surface area contributed by atoms with Crippen LogP contribution in [0.5, 0.6) is 0 Å². The van der Waals surface area contributed by atoms with Gasteiger partial charge >= 0.3 is 12.0 Å². The molecule has 1 aliphatic rings. The maximum absolute atomic E-state index is 12.2. The summed E-state index contributed by atoms with van der Waals surface area (Å²) in [4.78, 5) is 25.2. The molecule has 0 bridgehead atoms. The summed E-state index contributed by atoms with van der Waals surface area (Å²) in [5.41, 5.74) is -1.05. The number of carbonyl (C=O) groups is 2. The number of carbonyl (C=O) groups excluding carboxylic acids is 1. The number of nitrogens with one attached hydrogen (secondary N) is 1. The SMILES string of the molecule is CC(C)CC(C)N(C)C(=O)NC1(C(=O)O)CCCC1. The molecule has 0 aliphatic heterocycles. The van der Waals surface area contributed by atoms with E-state index in [4.69, 9.17) is 0 Å². The van der Waals surface area contributed by atoms with Crippen LogP contribution in [0.2, 0.25) is 0 Å². The highest BCUT2D eigenvalue weighted by Crippen LogP contribution is 2.30. The van der Waals surface area contributed by atoms with Crippen molar-refractivity contribution in [3.63, 3.8) is 0 Å². The molecule has 1 atom stereocenters. The standard InChI is InChI=1S/C14H26N2O3/c1-10(2)9-11(3)16(4)13(19)15-14(12(17)18)7-5-6-8-14/h10-11H,5-9H2,1-4H3,(H,15,19)(H,17,18). The number of carboxylic acids is 1. The number of rotatable bonds is 5. The van der Waals surface area contributed by atoms with Crippen molar-refractivity contribution in [2.45, 2.75) is 64.5 Å². The molecule has 1 saturated carbocycles. The summed E-state index contributed by atoms with van der Waals surface area (Å²) in [6.07, 6.45) is 3.68. The summed E-state index contributed by atoms with van der Waals surface area (Å²) in [6.45, 7) is 6.21. The predicted octanol–water partition coefficient (Wildman–Crippen LogP) is 2.46. The van der Waals surface area contributed by atoms with Gasteiger partial charge in [-0.05, 0) is 32.1 Å². The molecule has 2 N–H and O–H groups in total. The minimum absolute atomic E-state index is 0.104. The van der Waals surface area contributed by atoms with Crippen molar-refractivity contribution >= 4 is 12.0 Å². The minimum atomic E-state index is -1.05. The number of hydrogen-bond acceptors (Lipinski definition) is 2. The van der Waals surface area contributed by atoms with Crippen molar-refractivity contribution in [1.29, 1.82) is 0 Å². The molecule has 1 unspecified atom stereocenters. The van der Waals surface area contributed by atoms with Crippen LogP contribution in [0.4, 0.5) is 4.79 Å². The molecule has 0 radical (unpaired) electrons. The molecule has 5 nitrogen and oxygen atoms in total. The van der Waals surface area contributed by atoms with Gasteiger partial charge in [0.1, 0.15) is 5.54 Å². The first kappa shape index (κ1) is 15.8. The van der Waals surface area contributed by atoms with E-state index in [0.29, 0.717) is 18.8 Å². The Kier molecular flexibility index (Phi) is 5.20. The van der Waals surface area contributed by atoms with E-state index in [1.807, 2.05) is 6.92 Å². The smallest absolute Gasteiger partial charge is 0.329 e. The Balaban J connectivity index is 2.64. The van der Waals surface area contributed by atoms with Gasteiger partial charge in [0.15, 0.2) is 0 Å². The summed E-state index contributed by atoms with van der Waals surface area (Å²) in [6, 6.07) is -0.176. The van der Waals surface area contributed by atoms with Crippen LogP contribution in [0.25, 0.3) is 0 Å². The Hall–Kier alpha value is -1.26. The minimum Gasteiger partial charge on any atom is -0.480 e. The van der Waals surface area contributed by atoms with Crippen molar-refractivity contribution in [3.05, 3.63) is 0 Å². The first-order valence-corrected chi connectivity index (χ1v) is 7.07. The highest BCUT2D eigenvalue weighted by atomic mass is 16.4. The van der Waals surface area contributed by atoms with Gasteiger partial charge in [-0.1, -0.05) is 26.7 Å². The van der Waals surface area contributed by atoms with Gasteiger partial charge in [0.05, 0.1) is 0 Å². The van der Waals surface area contributed by atoms with E-state index in [-0.39, 0.29) is 12.1 Å². The molecule has 1 fully saturated rings. The molecule has 5 heteroatoms. The van der Waals surface area contributed by atoms with Crippen LogP contribution >= 0.6 is 0 Å². The molecule has 0 spiro atoms. The van der Waals surface area contributed by atoms with E-state index in [0.717, 1.165) is 19.3 Å². The number of nitrogens with zero attached hydrogens (tertiary/aromatic N) is 1. The number of hydrogen-bond donors (Lipinski definition) is 2. The van der Waals surface area contributed by atoms with Crippen molar-refractivity contribution < 1.29 is 14.7 Å². The van der Waals surface area contributed by atoms with Crippen LogP contribution in [-0.4, -0.2) is 40.6 Å². The third-order valence-electron chi connectivity index (χ3n) is 4.01. The Morgan fingerprint density at radius 2 is 1.79 bits per heavy atom. The zero-order chi connectivity index (χ0) is 14.6. The molecule has 110 valence electrons. The lowest BCUT2D eigenvalue weighted by Crippen LogP contribution is -2.57. The van der Waals surface area contributed by atoms with Crippen LogP contribution in [0.1, 0.15) is 52.9 Å². The maximum Gasteiger partial charge on any atom is 0.329 e. The van der Waals surface area contributed by atoms with Crippen molar-refractivity contribution in [2.75, 3.05) is 7.05 Å². The van der Waals surface area contributed by atoms with Gasteiger partial charge in [-0.25, -0.2) is 9.59 Å². The van der Waals surface area contributed by atoms with Gasteiger partial charge < -0.3 is 15.3 Å². The van der Waals surface area contributed by atoms with Crippen molar-refractivity contribution in [2.24, 2.45) is 5.92 Å². The number of amides is 2. The number of aliphatic carboxylic acids is 1. The molecule has 19 heavy (non-hydrogen) atoms. The average molecular weight is 270 g/mol. The van der Waals surface area contributed by atoms with Gasteiger partial charge in [-0.15, -0.1) is 0 Å². The highest BCUT2D eigenvalue weighted by Gasteiger charge is 2.43. The third-order valence-corrected chi connectivity index (χ3v) is 4.01. The predicted molar refractivity (Wildman–Crippen MR) is 74.0 cm³/mol. The molecule has 2 amide bonds. The second-order valence-electron chi connectivity index (χ2n) is 6.11. The molecule has 0 heterocycles. The summed E-state index contributed by atoms with van der Waals surface area (Å²) in [5, 5.41) is 12.1. The van der Waals surface area contributed by atoms with Gasteiger partial charge in [-0.2, -0.15) is 0 Å². The van der Waals surface area contributed by atoms with Crippen LogP contribution in [0, 0.1) is 5.92 Å². The lowest BCUT2D eigenvalue weighted by Gasteiger charge is -2.32. The molecule has 0 aromatic heterocycles.